The molecule has 2 heterocycles. The van der Waals surface area contributed by atoms with Gasteiger partial charge in [0.25, 0.3) is 0 Å². The maximum absolute atomic E-state index is 11.6. The van der Waals surface area contributed by atoms with E-state index in [1.54, 1.807) is 11.8 Å². The number of thioether (sulfide) groups is 1. The fourth-order valence-electron chi connectivity index (χ4n) is 1.69. The van der Waals surface area contributed by atoms with Crippen molar-refractivity contribution in [3.05, 3.63) is 35.0 Å². The third-order valence-electron chi connectivity index (χ3n) is 2.45. The van der Waals surface area contributed by atoms with Gasteiger partial charge in [-0.05, 0) is 24.5 Å². The van der Waals surface area contributed by atoms with Gasteiger partial charge in [0, 0.05) is 10.3 Å². The normalized spacial score (nSPS) is 11.3. The van der Waals surface area contributed by atoms with Crippen molar-refractivity contribution < 1.29 is 0 Å². The van der Waals surface area contributed by atoms with Crippen LogP contribution < -0.4 is 5.69 Å². The minimum Gasteiger partial charge on any atom is -0.305 e. The first-order valence-corrected chi connectivity index (χ1v) is 5.92. The molecule has 0 saturated carbocycles. The molecule has 0 aliphatic heterocycles. The zero-order valence-electron chi connectivity index (χ0n) is 8.47. The summed E-state index contributed by atoms with van der Waals surface area (Å²) in [5, 5.41) is 4.79. The van der Waals surface area contributed by atoms with Gasteiger partial charge in [0.2, 0.25) is 0 Å². The summed E-state index contributed by atoms with van der Waals surface area (Å²) >= 11 is 1.65. The summed E-state index contributed by atoms with van der Waals surface area (Å²) in [4.78, 5) is 19.6. The van der Waals surface area contributed by atoms with E-state index >= 15 is 0 Å². The van der Waals surface area contributed by atoms with Crippen molar-refractivity contribution in [3.8, 4) is 0 Å². The first-order valence-electron chi connectivity index (χ1n) is 4.69. The van der Waals surface area contributed by atoms with Gasteiger partial charge < -0.3 is 4.98 Å². The van der Waals surface area contributed by atoms with E-state index in [1.807, 2.05) is 24.5 Å². The van der Waals surface area contributed by atoms with Crippen molar-refractivity contribution in [2.75, 3.05) is 6.26 Å². The molecule has 1 N–H and O–H groups in total. The maximum atomic E-state index is 11.6. The van der Waals surface area contributed by atoms with Gasteiger partial charge in [-0.3, -0.25) is 0 Å². The van der Waals surface area contributed by atoms with Gasteiger partial charge >= 0.3 is 5.69 Å². The number of aromatic nitrogens is 4. The topological polar surface area (TPSA) is 63.0 Å². The van der Waals surface area contributed by atoms with Crippen molar-refractivity contribution in [1.29, 1.82) is 0 Å². The van der Waals surface area contributed by atoms with E-state index in [9.17, 15) is 4.79 Å². The molecule has 0 aliphatic carbocycles. The van der Waals surface area contributed by atoms with Crippen LogP contribution in [0.5, 0.6) is 0 Å². The van der Waals surface area contributed by atoms with E-state index in [2.05, 4.69) is 15.1 Å². The largest absolute Gasteiger partial charge is 0.348 e. The van der Waals surface area contributed by atoms with E-state index < -0.39 is 0 Å². The number of benzene rings is 1. The second-order valence-corrected chi connectivity index (χ2v) is 4.22. The summed E-state index contributed by atoms with van der Waals surface area (Å²) in [7, 11) is 0. The third kappa shape index (κ3) is 1.23. The van der Waals surface area contributed by atoms with Crippen LogP contribution in [0, 0.1) is 0 Å². The smallest absolute Gasteiger partial charge is 0.305 e. The second-order valence-electron chi connectivity index (χ2n) is 3.34. The molecule has 3 rings (SSSR count). The minimum absolute atomic E-state index is 0.267. The van der Waals surface area contributed by atoms with Crippen molar-refractivity contribution in [1.82, 2.24) is 19.6 Å². The monoisotopic (exact) mass is 232 g/mol. The predicted molar refractivity (Wildman–Crippen MR) is 62.9 cm³/mol. The van der Waals surface area contributed by atoms with Crippen molar-refractivity contribution in [3.63, 3.8) is 0 Å². The molecular formula is C10H8N4OS. The Balaban J connectivity index is 2.55. The lowest BCUT2D eigenvalue weighted by molar-refractivity contribution is 0.881. The summed E-state index contributed by atoms with van der Waals surface area (Å²) in [5.74, 6) is 0. The first-order chi connectivity index (χ1) is 7.79. The Hall–Kier alpha value is -1.82. The van der Waals surface area contributed by atoms with E-state index in [1.165, 1.54) is 10.8 Å². The molecule has 2 aromatic heterocycles. The molecule has 0 radical (unpaired) electrons. The number of hydrogen-bond acceptors (Lipinski definition) is 4. The van der Waals surface area contributed by atoms with Crippen LogP contribution in [0.4, 0.5) is 0 Å². The van der Waals surface area contributed by atoms with Crippen LogP contribution in [0.3, 0.4) is 0 Å². The van der Waals surface area contributed by atoms with Crippen LogP contribution >= 0.6 is 11.8 Å². The van der Waals surface area contributed by atoms with Crippen LogP contribution in [0.15, 0.2) is 34.2 Å². The number of rotatable bonds is 1. The SMILES string of the molecule is CSc1ccc2[nH]c(=O)n3ncnc3c2c1. The molecule has 0 unspecified atom stereocenters. The van der Waals surface area contributed by atoms with E-state index in [0.717, 1.165) is 15.8 Å². The summed E-state index contributed by atoms with van der Waals surface area (Å²) in [5.41, 5.74) is 1.11. The highest BCUT2D eigenvalue weighted by Crippen LogP contribution is 2.21. The van der Waals surface area contributed by atoms with Gasteiger partial charge in [-0.1, -0.05) is 0 Å². The summed E-state index contributed by atoms with van der Waals surface area (Å²) in [6.07, 6.45) is 3.39. The molecule has 5 nitrogen and oxygen atoms in total. The van der Waals surface area contributed by atoms with Gasteiger partial charge in [-0.25, -0.2) is 9.78 Å². The lowest BCUT2D eigenvalue weighted by Crippen LogP contribution is -2.17. The molecule has 0 fully saturated rings. The van der Waals surface area contributed by atoms with Crippen LogP contribution in [-0.4, -0.2) is 25.8 Å². The molecule has 0 amide bonds. The molecule has 0 aliphatic rings. The van der Waals surface area contributed by atoms with Gasteiger partial charge in [0.1, 0.15) is 6.33 Å². The highest BCUT2D eigenvalue weighted by Gasteiger charge is 2.06. The van der Waals surface area contributed by atoms with E-state index in [-0.39, 0.29) is 5.69 Å². The molecule has 0 atom stereocenters. The zero-order chi connectivity index (χ0) is 11.1. The average Bonchev–Trinajstić information content (AvgIpc) is 2.78. The van der Waals surface area contributed by atoms with Crippen molar-refractivity contribution in [2.45, 2.75) is 4.90 Å². The zero-order valence-corrected chi connectivity index (χ0v) is 9.28. The Labute approximate surface area is 94.5 Å². The van der Waals surface area contributed by atoms with Crippen molar-refractivity contribution in [2.24, 2.45) is 0 Å². The lowest BCUT2D eigenvalue weighted by Gasteiger charge is -2.01. The molecule has 0 spiro atoms. The Bertz CT molecular complexity index is 730. The second kappa shape index (κ2) is 3.34. The summed E-state index contributed by atoms with van der Waals surface area (Å²) in [6.45, 7) is 0. The van der Waals surface area contributed by atoms with Crippen LogP contribution in [-0.2, 0) is 0 Å². The van der Waals surface area contributed by atoms with E-state index in [4.69, 9.17) is 0 Å². The minimum atomic E-state index is -0.267. The van der Waals surface area contributed by atoms with Crippen LogP contribution in [0.2, 0.25) is 0 Å². The highest BCUT2D eigenvalue weighted by molar-refractivity contribution is 7.98. The Morgan fingerprint density at radius 3 is 3.12 bits per heavy atom. The van der Waals surface area contributed by atoms with E-state index in [0.29, 0.717) is 5.65 Å². The maximum Gasteiger partial charge on any atom is 0.348 e. The predicted octanol–water partition coefficient (Wildman–Crippen LogP) is 1.29. The summed E-state index contributed by atoms with van der Waals surface area (Å²) in [6, 6.07) is 5.85. The highest BCUT2D eigenvalue weighted by atomic mass is 32.2. The fourth-order valence-corrected chi connectivity index (χ4v) is 2.13. The molecule has 0 bridgehead atoms. The Kier molecular flexibility index (Phi) is 1.97. The Morgan fingerprint density at radius 2 is 2.31 bits per heavy atom. The summed E-state index contributed by atoms with van der Waals surface area (Å²) < 4.78 is 1.27. The molecule has 3 aromatic rings. The molecular weight excluding hydrogens is 224 g/mol. The standard InChI is InChI=1S/C10H8N4OS/c1-16-6-2-3-8-7(4-6)9-11-5-12-14(9)10(15)13-8/h2-5H,1H3,(H,13,15). The van der Waals surface area contributed by atoms with Gasteiger partial charge in [-0.2, -0.15) is 9.61 Å². The van der Waals surface area contributed by atoms with Crippen LogP contribution in [0.1, 0.15) is 0 Å². The lowest BCUT2D eigenvalue weighted by atomic mass is 10.2. The fraction of sp³-hybridized carbons (Fsp3) is 0.100. The molecule has 16 heavy (non-hydrogen) atoms. The van der Waals surface area contributed by atoms with Gasteiger partial charge in [-0.15, -0.1) is 11.8 Å². The Morgan fingerprint density at radius 1 is 1.44 bits per heavy atom. The van der Waals surface area contributed by atoms with Crippen molar-refractivity contribution >= 4 is 28.3 Å². The van der Waals surface area contributed by atoms with Crippen LogP contribution in [0.25, 0.3) is 16.6 Å². The van der Waals surface area contributed by atoms with Gasteiger partial charge in [0.15, 0.2) is 5.65 Å². The molecule has 0 saturated heterocycles. The number of aromatic amines is 1. The number of fused-ring (bicyclic) bond motifs is 3. The quantitative estimate of drug-likeness (QED) is 0.642. The number of hydrogen-bond donors (Lipinski definition) is 1. The third-order valence-corrected chi connectivity index (χ3v) is 3.17. The molecule has 1 aromatic carbocycles. The first kappa shape index (κ1) is 9.41. The molecule has 80 valence electrons. The number of H-pyrrole nitrogens is 1. The number of nitrogens with zero attached hydrogens (tertiary/aromatic N) is 3. The molecule has 6 heteroatoms. The average molecular weight is 232 g/mol. The van der Waals surface area contributed by atoms with Gasteiger partial charge in [0.05, 0.1) is 5.52 Å². The number of nitrogens with one attached hydrogen (secondary N) is 1.